The Hall–Kier alpha value is -4.24. The lowest BCUT2D eigenvalue weighted by molar-refractivity contribution is -0.131. The van der Waals surface area contributed by atoms with Crippen molar-refractivity contribution in [3.8, 4) is 23.0 Å². The molecule has 9 heteroatoms. The first-order valence-electron chi connectivity index (χ1n) is 13.8. The predicted octanol–water partition coefficient (Wildman–Crippen LogP) is 4.53. The highest BCUT2D eigenvalue weighted by Gasteiger charge is 2.40. The summed E-state index contributed by atoms with van der Waals surface area (Å²) in [5.74, 6) is 1.25. The first kappa shape index (κ1) is 28.3. The Morgan fingerprint density at radius 1 is 1.00 bits per heavy atom. The zero-order chi connectivity index (χ0) is 28.9. The Morgan fingerprint density at radius 2 is 1.78 bits per heavy atom. The third-order valence-corrected chi connectivity index (χ3v) is 7.61. The largest absolute Gasteiger partial charge is 0.493 e. The van der Waals surface area contributed by atoms with E-state index in [1.807, 2.05) is 44.2 Å². The fourth-order valence-electron chi connectivity index (χ4n) is 5.23. The maximum Gasteiger partial charge on any atom is 0.272 e. The fourth-order valence-corrected chi connectivity index (χ4v) is 5.23. The number of aryl methyl sites for hydroxylation is 1. The highest BCUT2D eigenvalue weighted by Crippen LogP contribution is 2.38. The van der Waals surface area contributed by atoms with Gasteiger partial charge in [0.05, 0.1) is 20.3 Å². The molecule has 1 fully saturated rings. The van der Waals surface area contributed by atoms with Crippen LogP contribution in [0.1, 0.15) is 35.6 Å². The Labute approximate surface area is 240 Å². The van der Waals surface area contributed by atoms with E-state index in [-0.39, 0.29) is 18.6 Å². The van der Waals surface area contributed by atoms with Crippen LogP contribution in [0, 0.1) is 13.8 Å². The molecule has 0 aromatic heterocycles. The molecule has 3 aromatic rings. The standard InChI is InChI=1S/C32H36N2O7/c1-20-9-7-11-24(21(20)2)34(32(36)29-19-40-26-12-5-6-13-27(26)41-29)30(31(35)33-18-23-10-8-16-39-23)22-14-15-25(37-3)28(17-22)38-4/h5-7,9,11-15,17,23,29-30H,8,10,16,18-19H2,1-4H3,(H,33,35)/t23-,29-,30-/m0/s1. The number of rotatable bonds is 9. The van der Waals surface area contributed by atoms with Crippen LogP contribution < -0.4 is 29.2 Å². The number of anilines is 1. The molecule has 0 spiro atoms. The number of fused-ring (bicyclic) bond motifs is 1. The normalized spacial score (nSPS) is 18.3. The molecule has 9 nitrogen and oxygen atoms in total. The van der Waals surface area contributed by atoms with Gasteiger partial charge in [-0.15, -0.1) is 0 Å². The number of carbonyl (C=O) groups excluding carboxylic acids is 2. The molecule has 0 bridgehead atoms. The molecule has 41 heavy (non-hydrogen) atoms. The number of hydrogen-bond donors (Lipinski definition) is 1. The molecule has 2 aliphatic rings. The molecule has 216 valence electrons. The van der Waals surface area contributed by atoms with Crippen LogP contribution in [0.3, 0.4) is 0 Å². The number of benzene rings is 3. The topological polar surface area (TPSA) is 95.6 Å². The molecule has 3 atom stereocenters. The SMILES string of the molecule is COc1ccc([C@@H](C(=O)NC[C@@H]2CCCO2)N(C(=O)[C@@H]2COc3ccccc3O2)c2cccc(C)c2C)cc1OC. The lowest BCUT2D eigenvalue weighted by Gasteiger charge is -2.36. The second kappa shape index (κ2) is 12.5. The monoisotopic (exact) mass is 560 g/mol. The Bertz CT molecular complexity index is 1400. The van der Waals surface area contributed by atoms with Crippen molar-refractivity contribution >= 4 is 17.5 Å². The van der Waals surface area contributed by atoms with Gasteiger partial charge in [0.15, 0.2) is 23.0 Å². The molecule has 2 heterocycles. The quantitative estimate of drug-likeness (QED) is 0.411. The van der Waals surface area contributed by atoms with E-state index in [0.29, 0.717) is 47.4 Å². The van der Waals surface area contributed by atoms with E-state index in [9.17, 15) is 9.59 Å². The summed E-state index contributed by atoms with van der Waals surface area (Å²) in [5.41, 5.74) is 3.01. The summed E-state index contributed by atoms with van der Waals surface area (Å²) in [5, 5.41) is 3.05. The van der Waals surface area contributed by atoms with E-state index >= 15 is 0 Å². The van der Waals surface area contributed by atoms with Crippen LogP contribution in [-0.4, -0.2) is 58.0 Å². The minimum absolute atomic E-state index is 0.00734. The minimum Gasteiger partial charge on any atom is -0.493 e. The van der Waals surface area contributed by atoms with Gasteiger partial charge >= 0.3 is 0 Å². The molecule has 0 saturated carbocycles. The maximum absolute atomic E-state index is 14.5. The summed E-state index contributed by atoms with van der Waals surface area (Å²) >= 11 is 0. The van der Waals surface area contributed by atoms with Gasteiger partial charge in [-0.25, -0.2) is 0 Å². The Kier molecular flexibility index (Phi) is 8.64. The Balaban J connectivity index is 1.60. The van der Waals surface area contributed by atoms with Gasteiger partial charge < -0.3 is 29.0 Å². The van der Waals surface area contributed by atoms with E-state index in [1.54, 1.807) is 37.4 Å². The van der Waals surface area contributed by atoms with Crippen molar-refractivity contribution < 1.29 is 33.3 Å². The van der Waals surface area contributed by atoms with Crippen LogP contribution in [0.4, 0.5) is 5.69 Å². The summed E-state index contributed by atoms with van der Waals surface area (Å²) in [4.78, 5) is 30.2. The van der Waals surface area contributed by atoms with Crippen LogP contribution in [0.5, 0.6) is 23.0 Å². The summed E-state index contributed by atoms with van der Waals surface area (Å²) in [7, 11) is 3.08. The van der Waals surface area contributed by atoms with Gasteiger partial charge in [0, 0.05) is 18.8 Å². The highest BCUT2D eigenvalue weighted by atomic mass is 16.6. The molecule has 0 aliphatic carbocycles. The number of ether oxygens (including phenoxy) is 5. The van der Waals surface area contributed by atoms with Crippen LogP contribution >= 0.6 is 0 Å². The number of nitrogens with one attached hydrogen (secondary N) is 1. The first-order chi connectivity index (χ1) is 19.9. The number of methoxy groups -OCH3 is 2. The highest BCUT2D eigenvalue weighted by molar-refractivity contribution is 6.04. The van der Waals surface area contributed by atoms with Gasteiger partial charge in [0.1, 0.15) is 12.6 Å². The van der Waals surface area contributed by atoms with Gasteiger partial charge in [-0.3, -0.25) is 14.5 Å². The van der Waals surface area contributed by atoms with E-state index in [0.717, 1.165) is 24.0 Å². The smallest absolute Gasteiger partial charge is 0.272 e. The molecule has 2 amide bonds. The second-order valence-corrected chi connectivity index (χ2v) is 10.2. The van der Waals surface area contributed by atoms with Crippen molar-refractivity contribution in [2.75, 3.05) is 38.9 Å². The zero-order valence-electron chi connectivity index (χ0n) is 23.8. The number of hydrogen-bond acceptors (Lipinski definition) is 7. The number of carbonyl (C=O) groups is 2. The summed E-state index contributed by atoms with van der Waals surface area (Å²) in [6.07, 6.45) is 0.778. The zero-order valence-corrected chi connectivity index (χ0v) is 23.8. The van der Waals surface area contributed by atoms with Crippen molar-refractivity contribution in [1.82, 2.24) is 5.32 Å². The molecule has 0 radical (unpaired) electrons. The molecular weight excluding hydrogens is 524 g/mol. The summed E-state index contributed by atoms with van der Waals surface area (Å²) in [6, 6.07) is 17.1. The van der Waals surface area contributed by atoms with Gasteiger partial charge in [-0.1, -0.05) is 30.3 Å². The van der Waals surface area contributed by atoms with Gasteiger partial charge in [0.2, 0.25) is 12.0 Å². The predicted molar refractivity (Wildman–Crippen MR) is 154 cm³/mol. The lowest BCUT2D eigenvalue weighted by Crippen LogP contribution is -2.52. The van der Waals surface area contributed by atoms with Crippen molar-refractivity contribution in [2.24, 2.45) is 0 Å². The molecule has 2 aliphatic heterocycles. The summed E-state index contributed by atoms with van der Waals surface area (Å²) < 4.78 is 28.8. The van der Waals surface area contributed by atoms with Gasteiger partial charge in [-0.2, -0.15) is 0 Å². The minimum atomic E-state index is -1.05. The van der Waals surface area contributed by atoms with Crippen LogP contribution in [0.15, 0.2) is 60.7 Å². The third-order valence-electron chi connectivity index (χ3n) is 7.61. The maximum atomic E-state index is 14.5. The average Bonchev–Trinajstić information content (AvgIpc) is 3.53. The van der Waals surface area contributed by atoms with Crippen LogP contribution in [0.25, 0.3) is 0 Å². The van der Waals surface area contributed by atoms with E-state index in [2.05, 4.69) is 5.32 Å². The number of nitrogens with zero attached hydrogens (tertiary/aromatic N) is 1. The molecule has 1 N–H and O–H groups in total. The molecule has 3 aromatic carbocycles. The molecule has 1 saturated heterocycles. The van der Waals surface area contributed by atoms with Crippen LogP contribution in [-0.2, 0) is 14.3 Å². The molecule has 5 rings (SSSR count). The summed E-state index contributed by atoms with van der Waals surface area (Å²) in [6.45, 7) is 4.93. The molecule has 0 unspecified atom stereocenters. The second-order valence-electron chi connectivity index (χ2n) is 10.2. The third kappa shape index (κ3) is 5.95. The molecular formula is C32H36N2O7. The number of amides is 2. The van der Waals surface area contributed by atoms with E-state index < -0.39 is 18.1 Å². The Morgan fingerprint density at radius 3 is 2.51 bits per heavy atom. The van der Waals surface area contributed by atoms with Crippen molar-refractivity contribution in [2.45, 2.75) is 44.9 Å². The van der Waals surface area contributed by atoms with E-state index in [1.165, 1.54) is 12.0 Å². The van der Waals surface area contributed by atoms with Crippen molar-refractivity contribution in [3.05, 3.63) is 77.4 Å². The van der Waals surface area contributed by atoms with Gasteiger partial charge in [-0.05, 0) is 73.7 Å². The van der Waals surface area contributed by atoms with Crippen LogP contribution in [0.2, 0.25) is 0 Å². The number of para-hydroxylation sites is 2. The fraction of sp³-hybridized carbons (Fsp3) is 0.375. The lowest BCUT2D eigenvalue weighted by atomic mass is 9.99. The van der Waals surface area contributed by atoms with Gasteiger partial charge in [0.25, 0.3) is 5.91 Å². The van der Waals surface area contributed by atoms with E-state index in [4.69, 9.17) is 23.7 Å². The van der Waals surface area contributed by atoms with Crippen molar-refractivity contribution in [1.29, 1.82) is 0 Å². The average molecular weight is 561 g/mol. The first-order valence-corrected chi connectivity index (χ1v) is 13.8. The van der Waals surface area contributed by atoms with Crippen molar-refractivity contribution in [3.63, 3.8) is 0 Å².